The summed E-state index contributed by atoms with van der Waals surface area (Å²) in [6.45, 7) is 3.40. The smallest absolute Gasteiger partial charge is 0.0751 e. The van der Waals surface area contributed by atoms with E-state index >= 15 is 0 Å². The molecule has 2 heteroatoms. The summed E-state index contributed by atoms with van der Waals surface area (Å²) in [4.78, 5) is 4.51. The van der Waals surface area contributed by atoms with Gasteiger partial charge in [0.05, 0.1) is 11.7 Å². The fraction of sp³-hybridized carbons (Fsp3) is 0.353. The highest BCUT2D eigenvalue weighted by Gasteiger charge is 2.32. The maximum atomic E-state index is 4.51. The van der Waals surface area contributed by atoms with E-state index in [1.807, 2.05) is 12.3 Å². The molecule has 1 N–H and O–H groups in total. The summed E-state index contributed by atoms with van der Waals surface area (Å²) in [6.07, 6.45) is 3.23. The molecule has 2 nitrogen and oxygen atoms in total. The average molecular weight is 252 g/mol. The van der Waals surface area contributed by atoms with Crippen LogP contribution < -0.4 is 5.32 Å². The average Bonchev–Trinajstić information content (AvgIpc) is 3.17. The molecule has 2 aromatic rings. The summed E-state index contributed by atoms with van der Waals surface area (Å²) >= 11 is 0. The highest BCUT2D eigenvalue weighted by molar-refractivity contribution is 5.27. The molecule has 0 spiro atoms. The van der Waals surface area contributed by atoms with E-state index in [2.05, 4.69) is 59.7 Å². The zero-order valence-electron chi connectivity index (χ0n) is 11.3. The van der Waals surface area contributed by atoms with Crippen molar-refractivity contribution in [3.05, 3.63) is 66.0 Å². The van der Waals surface area contributed by atoms with Crippen molar-refractivity contribution >= 4 is 0 Å². The van der Waals surface area contributed by atoms with Gasteiger partial charge in [-0.1, -0.05) is 43.3 Å². The molecule has 0 radical (unpaired) electrons. The van der Waals surface area contributed by atoms with Gasteiger partial charge in [-0.15, -0.1) is 0 Å². The lowest BCUT2D eigenvalue weighted by atomic mass is 10.0. The summed E-state index contributed by atoms with van der Waals surface area (Å²) in [6, 6.07) is 16.9. The van der Waals surface area contributed by atoms with Crippen LogP contribution in [0.5, 0.6) is 0 Å². The molecule has 98 valence electrons. The summed E-state index contributed by atoms with van der Waals surface area (Å²) in [5.41, 5.74) is 2.39. The fourth-order valence-electron chi connectivity index (χ4n) is 2.54. The highest BCUT2D eigenvalue weighted by Crippen LogP contribution is 2.37. The van der Waals surface area contributed by atoms with Gasteiger partial charge < -0.3 is 5.32 Å². The second-order valence-electron chi connectivity index (χ2n) is 5.48. The zero-order valence-corrected chi connectivity index (χ0v) is 11.3. The molecular weight excluding hydrogens is 232 g/mol. The first kappa shape index (κ1) is 12.4. The zero-order chi connectivity index (χ0) is 13.1. The van der Waals surface area contributed by atoms with Crippen LogP contribution in [-0.4, -0.2) is 11.5 Å². The molecule has 1 aromatic carbocycles. The Balaban J connectivity index is 1.79. The van der Waals surface area contributed by atoms with Crippen molar-refractivity contribution in [3.8, 4) is 0 Å². The summed E-state index contributed by atoms with van der Waals surface area (Å²) < 4.78 is 0. The third kappa shape index (κ3) is 3.02. The van der Waals surface area contributed by atoms with Crippen molar-refractivity contribution in [3.63, 3.8) is 0 Å². The molecule has 3 unspecified atom stereocenters. The van der Waals surface area contributed by atoms with Crippen LogP contribution in [0, 0.1) is 11.8 Å². The number of pyridine rings is 1. The van der Waals surface area contributed by atoms with Gasteiger partial charge in [-0.25, -0.2) is 0 Å². The predicted octanol–water partition coefficient (Wildman–Crippen LogP) is 3.42. The molecule has 0 amide bonds. The molecule has 19 heavy (non-hydrogen) atoms. The second-order valence-corrected chi connectivity index (χ2v) is 5.48. The normalized spacial score (nSPS) is 23.0. The van der Waals surface area contributed by atoms with E-state index in [9.17, 15) is 0 Å². The van der Waals surface area contributed by atoms with Crippen molar-refractivity contribution in [2.75, 3.05) is 6.54 Å². The standard InChI is InChI=1S/C17H20N2/c1-13-11-15(13)12-19-17(14-7-3-2-4-8-14)16-9-5-6-10-18-16/h2-10,13,15,17,19H,11-12H2,1H3. The van der Waals surface area contributed by atoms with Crippen LogP contribution in [0.25, 0.3) is 0 Å². The monoisotopic (exact) mass is 252 g/mol. The first-order valence-corrected chi connectivity index (χ1v) is 7.04. The van der Waals surface area contributed by atoms with Crippen LogP contribution in [-0.2, 0) is 0 Å². The molecule has 1 fully saturated rings. The summed E-state index contributed by atoms with van der Waals surface area (Å²) in [7, 11) is 0. The second kappa shape index (κ2) is 5.54. The summed E-state index contributed by atoms with van der Waals surface area (Å²) in [5.74, 6) is 1.72. The number of hydrogen-bond acceptors (Lipinski definition) is 2. The largest absolute Gasteiger partial charge is 0.305 e. The number of nitrogens with zero attached hydrogens (tertiary/aromatic N) is 1. The van der Waals surface area contributed by atoms with Crippen molar-refractivity contribution in [2.45, 2.75) is 19.4 Å². The molecular formula is C17H20N2. The van der Waals surface area contributed by atoms with Gasteiger partial charge in [0.25, 0.3) is 0 Å². The maximum Gasteiger partial charge on any atom is 0.0751 e. The fourth-order valence-corrected chi connectivity index (χ4v) is 2.54. The topological polar surface area (TPSA) is 24.9 Å². The van der Waals surface area contributed by atoms with E-state index in [1.54, 1.807) is 0 Å². The van der Waals surface area contributed by atoms with Gasteiger partial charge in [0.15, 0.2) is 0 Å². The van der Waals surface area contributed by atoms with E-state index in [0.717, 1.165) is 24.1 Å². The Hall–Kier alpha value is -1.67. The Kier molecular flexibility index (Phi) is 3.60. The van der Waals surface area contributed by atoms with Gasteiger partial charge in [-0.05, 0) is 42.5 Å². The summed E-state index contributed by atoms with van der Waals surface area (Å²) in [5, 5.41) is 3.68. The Morgan fingerprint density at radius 2 is 1.89 bits per heavy atom. The molecule has 1 aliphatic rings. The minimum Gasteiger partial charge on any atom is -0.305 e. The first-order valence-electron chi connectivity index (χ1n) is 7.04. The van der Waals surface area contributed by atoms with Gasteiger partial charge in [0.1, 0.15) is 0 Å². The molecule has 3 atom stereocenters. The molecule has 1 saturated carbocycles. The van der Waals surface area contributed by atoms with Gasteiger partial charge in [0, 0.05) is 6.20 Å². The Morgan fingerprint density at radius 1 is 1.16 bits per heavy atom. The van der Waals surface area contributed by atoms with E-state index in [0.29, 0.717) is 0 Å². The quantitative estimate of drug-likeness (QED) is 0.882. The van der Waals surface area contributed by atoms with Crippen LogP contribution in [0.2, 0.25) is 0 Å². The number of rotatable bonds is 5. The molecule has 3 rings (SSSR count). The number of benzene rings is 1. The van der Waals surface area contributed by atoms with Gasteiger partial charge >= 0.3 is 0 Å². The molecule has 0 aliphatic heterocycles. The highest BCUT2D eigenvalue weighted by atomic mass is 14.9. The Bertz CT molecular complexity index is 470. The first-order chi connectivity index (χ1) is 9.34. The molecule has 0 saturated heterocycles. The van der Waals surface area contributed by atoms with E-state index in [4.69, 9.17) is 0 Å². The number of nitrogens with one attached hydrogen (secondary N) is 1. The van der Waals surface area contributed by atoms with Crippen LogP contribution in [0.15, 0.2) is 54.7 Å². The third-order valence-electron chi connectivity index (χ3n) is 3.98. The van der Waals surface area contributed by atoms with Crippen LogP contribution in [0.3, 0.4) is 0 Å². The lowest BCUT2D eigenvalue weighted by Gasteiger charge is -2.18. The van der Waals surface area contributed by atoms with Crippen molar-refractivity contribution < 1.29 is 0 Å². The van der Waals surface area contributed by atoms with Crippen molar-refractivity contribution in [1.29, 1.82) is 0 Å². The minimum absolute atomic E-state index is 0.204. The van der Waals surface area contributed by atoms with E-state index in [1.165, 1.54) is 12.0 Å². The molecule has 1 aromatic heterocycles. The van der Waals surface area contributed by atoms with Crippen LogP contribution in [0.1, 0.15) is 30.6 Å². The van der Waals surface area contributed by atoms with Crippen LogP contribution >= 0.6 is 0 Å². The van der Waals surface area contributed by atoms with E-state index < -0.39 is 0 Å². The number of aromatic nitrogens is 1. The SMILES string of the molecule is CC1CC1CNC(c1ccccc1)c1ccccn1. The minimum atomic E-state index is 0.204. The maximum absolute atomic E-state index is 4.51. The lowest BCUT2D eigenvalue weighted by Crippen LogP contribution is -2.25. The molecule has 1 aliphatic carbocycles. The lowest BCUT2D eigenvalue weighted by molar-refractivity contribution is 0.548. The molecule has 1 heterocycles. The Morgan fingerprint density at radius 3 is 2.53 bits per heavy atom. The molecule has 0 bridgehead atoms. The Labute approximate surface area is 114 Å². The van der Waals surface area contributed by atoms with E-state index in [-0.39, 0.29) is 6.04 Å². The third-order valence-corrected chi connectivity index (χ3v) is 3.98. The van der Waals surface area contributed by atoms with Crippen molar-refractivity contribution in [1.82, 2.24) is 10.3 Å². The predicted molar refractivity (Wildman–Crippen MR) is 77.8 cm³/mol. The van der Waals surface area contributed by atoms with Gasteiger partial charge in [0.2, 0.25) is 0 Å². The van der Waals surface area contributed by atoms with Gasteiger partial charge in [-0.3, -0.25) is 4.98 Å². The van der Waals surface area contributed by atoms with Gasteiger partial charge in [-0.2, -0.15) is 0 Å². The number of hydrogen-bond donors (Lipinski definition) is 1. The van der Waals surface area contributed by atoms with Crippen molar-refractivity contribution in [2.24, 2.45) is 11.8 Å². The van der Waals surface area contributed by atoms with Crippen LogP contribution in [0.4, 0.5) is 0 Å².